The molecule has 2 aromatic rings. The van der Waals surface area contributed by atoms with Crippen molar-refractivity contribution < 1.29 is 4.79 Å². The number of benzene rings is 1. The quantitative estimate of drug-likeness (QED) is 0.939. The van der Waals surface area contributed by atoms with Crippen LogP contribution in [0, 0.1) is 6.92 Å². The van der Waals surface area contributed by atoms with Gasteiger partial charge in [-0.15, -0.1) is 0 Å². The molecule has 1 fully saturated rings. The molecule has 0 saturated heterocycles. The van der Waals surface area contributed by atoms with Gasteiger partial charge in [-0.25, -0.2) is 0 Å². The lowest BCUT2D eigenvalue weighted by molar-refractivity contribution is 0.0949. The zero-order valence-corrected chi connectivity index (χ0v) is 12.7. The number of halogens is 1. The highest BCUT2D eigenvalue weighted by Gasteiger charge is 2.44. The van der Waals surface area contributed by atoms with E-state index >= 15 is 0 Å². The summed E-state index contributed by atoms with van der Waals surface area (Å²) in [5.41, 5.74) is 2.84. The molecule has 0 spiro atoms. The number of rotatable bonds is 4. The van der Waals surface area contributed by atoms with Gasteiger partial charge in [0.1, 0.15) is 0 Å². The maximum atomic E-state index is 12.1. The van der Waals surface area contributed by atoms with E-state index in [4.69, 9.17) is 11.6 Å². The van der Waals surface area contributed by atoms with Gasteiger partial charge in [-0.1, -0.05) is 23.7 Å². The van der Waals surface area contributed by atoms with Gasteiger partial charge in [-0.2, -0.15) is 0 Å². The summed E-state index contributed by atoms with van der Waals surface area (Å²) in [4.78, 5) is 16.3. The number of aromatic nitrogens is 1. The smallest absolute Gasteiger partial charge is 0.252 e. The van der Waals surface area contributed by atoms with E-state index in [1.54, 1.807) is 12.3 Å². The summed E-state index contributed by atoms with van der Waals surface area (Å²) in [6.07, 6.45) is 3.81. The molecule has 108 valence electrons. The second-order valence-electron chi connectivity index (χ2n) is 5.66. The first-order valence-electron chi connectivity index (χ1n) is 7.06. The molecule has 0 bridgehead atoms. The molecule has 0 aliphatic heterocycles. The lowest BCUT2D eigenvalue weighted by Gasteiger charge is -2.16. The number of carbonyl (C=O) groups excluding carboxylic acids is 1. The first-order chi connectivity index (χ1) is 10.1. The molecule has 1 aliphatic carbocycles. The fraction of sp³-hybridized carbons (Fsp3) is 0.294. The average molecular weight is 301 g/mol. The van der Waals surface area contributed by atoms with E-state index in [1.807, 2.05) is 25.1 Å². The molecule has 0 radical (unpaired) electrons. The van der Waals surface area contributed by atoms with E-state index in [2.05, 4.69) is 22.4 Å². The normalized spacial score (nSPS) is 15.5. The number of aryl methyl sites for hydroxylation is 1. The lowest BCUT2D eigenvalue weighted by atomic mass is 9.96. The van der Waals surface area contributed by atoms with Gasteiger partial charge < -0.3 is 5.32 Å². The molecule has 0 unspecified atom stereocenters. The van der Waals surface area contributed by atoms with Crippen molar-refractivity contribution in [1.29, 1.82) is 0 Å². The predicted molar refractivity (Wildman–Crippen MR) is 83.7 cm³/mol. The van der Waals surface area contributed by atoms with Gasteiger partial charge in [0.2, 0.25) is 0 Å². The minimum atomic E-state index is -0.0669. The van der Waals surface area contributed by atoms with Crippen LogP contribution in [0.5, 0.6) is 0 Å². The summed E-state index contributed by atoms with van der Waals surface area (Å²) in [7, 11) is 0. The minimum Gasteiger partial charge on any atom is -0.351 e. The summed E-state index contributed by atoms with van der Waals surface area (Å²) in [6, 6.07) is 11.6. The van der Waals surface area contributed by atoms with Crippen LogP contribution in [-0.4, -0.2) is 17.4 Å². The van der Waals surface area contributed by atoms with Gasteiger partial charge in [0, 0.05) is 28.9 Å². The first kappa shape index (κ1) is 14.1. The molecule has 1 aromatic heterocycles. The molecule has 1 saturated carbocycles. The lowest BCUT2D eigenvalue weighted by Crippen LogP contribution is -2.32. The van der Waals surface area contributed by atoms with Gasteiger partial charge in [-0.3, -0.25) is 9.78 Å². The Morgan fingerprint density at radius 2 is 1.95 bits per heavy atom. The number of pyridine rings is 1. The van der Waals surface area contributed by atoms with Crippen molar-refractivity contribution in [3.63, 3.8) is 0 Å². The summed E-state index contributed by atoms with van der Waals surface area (Å²) in [5.74, 6) is -0.0669. The molecule has 4 heteroatoms. The monoisotopic (exact) mass is 300 g/mol. The Morgan fingerprint density at radius 1 is 1.24 bits per heavy atom. The van der Waals surface area contributed by atoms with Crippen molar-refractivity contribution in [2.75, 3.05) is 6.54 Å². The molecule has 1 N–H and O–H groups in total. The van der Waals surface area contributed by atoms with Gasteiger partial charge in [0.15, 0.2) is 0 Å². The van der Waals surface area contributed by atoms with E-state index in [-0.39, 0.29) is 11.3 Å². The van der Waals surface area contributed by atoms with Crippen LogP contribution in [0.1, 0.15) is 34.5 Å². The molecule has 1 aliphatic rings. The number of hydrogen-bond acceptors (Lipinski definition) is 2. The molecular formula is C17H17ClN2O. The van der Waals surface area contributed by atoms with Crippen LogP contribution >= 0.6 is 11.6 Å². The number of carbonyl (C=O) groups is 1. The van der Waals surface area contributed by atoms with Crippen LogP contribution in [0.2, 0.25) is 5.02 Å². The third-order valence-corrected chi connectivity index (χ3v) is 4.32. The van der Waals surface area contributed by atoms with Crippen molar-refractivity contribution in [3.05, 3.63) is 64.4 Å². The van der Waals surface area contributed by atoms with Crippen molar-refractivity contribution in [2.45, 2.75) is 25.2 Å². The maximum Gasteiger partial charge on any atom is 0.252 e. The zero-order valence-electron chi connectivity index (χ0n) is 11.9. The third-order valence-electron chi connectivity index (χ3n) is 4.07. The zero-order chi connectivity index (χ0) is 14.9. The van der Waals surface area contributed by atoms with Gasteiger partial charge in [0.05, 0.1) is 5.56 Å². The Morgan fingerprint density at radius 3 is 2.52 bits per heavy atom. The molecule has 3 nitrogen and oxygen atoms in total. The fourth-order valence-corrected chi connectivity index (χ4v) is 2.60. The summed E-state index contributed by atoms with van der Waals surface area (Å²) in [6.45, 7) is 2.56. The van der Waals surface area contributed by atoms with Crippen LogP contribution in [-0.2, 0) is 5.41 Å². The third kappa shape index (κ3) is 3.08. The van der Waals surface area contributed by atoms with Gasteiger partial charge in [0.25, 0.3) is 5.91 Å². The standard InChI is InChI=1S/C17H17ClN2O/c1-12-2-3-13(10-19-12)16(21)20-11-17(8-9-17)14-4-6-15(18)7-5-14/h2-7,10H,8-9,11H2,1H3,(H,20,21). The molecule has 0 atom stereocenters. The van der Waals surface area contributed by atoms with Crippen LogP contribution in [0.3, 0.4) is 0 Å². The van der Waals surface area contributed by atoms with E-state index in [1.165, 1.54) is 5.56 Å². The van der Waals surface area contributed by atoms with Crippen molar-refractivity contribution >= 4 is 17.5 Å². The molecule has 3 rings (SSSR count). The molecule has 1 heterocycles. The highest BCUT2D eigenvalue weighted by molar-refractivity contribution is 6.30. The molecule has 1 aromatic carbocycles. The second kappa shape index (κ2) is 5.49. The maximum absolute atomic E-state index is 12.1. The van der Waals surface area contributed by atoms with Crippen LogP contribution < -0.4 is 5.32 Å². The Hall–Kier alpha value is -1.87. The van der Waals surface area contributed by atoms with Crippen molar-refractivity contribution in [1.82, 2.24) is 10.3 Å². The van der Waals surface area contributed by atoms with Gasteiger partial charge in [-0.05, 0) is 49.6 Å². The molecule has 1 amide bonds. The first-order valence-corrected chi connectivity index (χ1v) is 7.44. The second-order valence-corrected chi connectivity index (χ2v) is 6.09. The largest absolute Gasteiger partial charge is 0.351 e. The van der Waals surface area contributed by atoms with Crippen LogP contribution in [0.25, 0.3) is 0 Å². The van der Waals surface area contributed by atoms with Crippen LogP contribution in [0.4, 0.5) is 0 Å². The fourth-order valence-electron chi connectivity index (χ4n) is 2.48. The predicted octanol–water partition coefficient (Wildman–Crippen LogP) is 3.51. The Balaban J connectivity index is 1.66. The Labute approximate surface area is 129 Å². The van der Waals surface area contributed by atoms with Crippen molar-refractivity contribution in [2.24, 2.45) is 0 Å². The summed E-state index contributed by atoms with van der Waals surface area (Å²) < 4.78 is 0. The highest BCUT2D eigenvalue weighted by atomic mass is 35.5. The molecular weight excluding hydrogens is 284 g/mol. The average Bonchev–Trinajstić information content (AvgIpc) is 3.27. The van der Waals surface area contributed by atoms with Gasteiger partial charge >= 0.3 is 0 Å². The topological polar surface area (TPSA) is 42.0 Å². The number of hydrogen-bond donors (Lipinski definition) is 1. The molecule has 21 heavy (non-hydrogen) atoms. The highest BCUT2D eigenvalue weighted by Crippen LogP contribution is 2.47. The summed E-state index contributed by atoms with van der Waals surface area (Å²) >= 11 is 5.93. The number of amides is 1. The van der Waals surface area contributed by atoms with E-state index in [9.17, 15) is 4.79 Å². The summed E-state index contributed by atoms with van der Waals surface area (Å²) in [5, 5.41) is 3.76. The Kier molecular flexibility index (Phi) is 3.68. The van der Waals surface area contributed by atoms with E-state index in [0.29, 0.717) is 12.1 Å². The van der Waals surface area contributed by atoms with E-state index in [0.717, 1.165) is 23.6 Å². The minimum absolute atomic E-state index is 0.0669. The number of nitrogens with one attached hydrogen (secondary N) is 1. The Bertz CT molecular complexity index is 645. The SMILES string of the molecule is Cc1ccc(C(=O)NCC2(c3ccc(Cl)cc3)CC2)cn1. The van der Waals surface area contributed by atoms with E-state index < -0.39 is 0 Å². The van der Waals surface area contributed by atoms with Crippen LogP contribution in [0.15, 0.2) is 42.6 Å². The number of nitrogens with zero attached hydrogens (tertiary/aromatic N) is 1. The van der Waals surface area contributed by atoms with Crippen molar-refractivity contribution in [3.8, 4) is 0 Å².